The molecule has 1 aromatic heterocycles. The van der Waals surface area contributed by atoms with Crippen molar-refractivity contribution in [3.63, 3.8) is 0 Å². The Morgan fingerprint density at radius 2 is 1.94 bits per heavy atom. The van der Waals surface area contributed by atoms with Gasteiger partial charge in [0.25, 0.3) is 0 Å². The van der Waals surface area contributed by atoms with Crippen LogP contribution < -0.4 is 0 Å². The van der Waals surface area contributed by atoms with Crippen LogP contribution in [-0.2, 0) is 0 Å². The van der Waals surface area contributed by atoms with Crippen LogP contribution in [0, 0.1) is 0 Å². The summed E-state index contributed by atoms with van der Waals surface area (Å²) in [6.45, 7) is -0.295. The predicted octanol–water partition coefficient (Wildman–Crippen LogP) is 3.05. The van der Waals surface area contributed by atoms with Gasteiger partial charge in [-0.15, -0.1) is 0 Å². The van der Waals surface area contributed by atoms with Crippen LogP contribution in [0.25, 0.3) is 17.0 Å². The molecule has 0 amide bonds. The molecule has 0 aliphatic carbocycles. The number of rotatable bonds is 3. The van der Waals surface area contributed by atoms with Crippen molar-refractivity contribution >= 4 is 5.83 Å². The molecule has 1 N–H and O–H groups in total. The van der Waals surface area contributed by atoms with Crippen LogP contribution in [0.2, 0.25) is 0 Å². The molecule has 1 aromatic carbocycles. The Morgan fingerprint density at radius 1 is 1.18 bits per heavy atom. The Bertz CT molecular complexity index is 506. The van der Waals surface area contributed by atoms with Crippen LogP contribution in [0.4, 0.5) is 4.39 Å². The lowest BCUT2D eigenvalue weighted by Gasteiger charge is -2.02. The third-order valence-corrected chi connectivity index (χ3v) is 2.43. The van der Waals surface area contributed by atoms with Crippen molar-refractivity contribution in [2.45, 2.75) is 0 Å². The summed E-state index contributed by atoms with van der Waals surface area (Å²) in [7, 11) is 0. The van der Waals surface area contributed by atoms with Gasteiger partial charge in [-0.2, -0.15) is 0 Å². The molecule has 0 spiro atoms. The van der Waals surface area contributed by atoms with E-state index < -0.39 is 5.83 Å². The van der Waals surface area contributed by atoms with Crippen molar-refractivity contribution in [2.24, 2.45) is 0 Å². The Balaban J connectivity index is 2.28. The second-order valence-corrected chi connectivity index (χ2v) is 3.55. The molecule has 0 aliphatic heterocycles. The number of aliphatic hydroxyl groups is 1. The number of aromatic nitrogens is 1. The van der Waals surface area contributed by atoms with Gasteiger partial charge in [0.1, 0.15) is 5.83 Å². The molecule has 0 bridgehead atoms. The number of nitrogens with zero attached hydrogens (tertiary/aromatic N) is 1. The number of aliphatic hydroxyl groups excluding tert-OH is 1. The first kappa shape index (κ1) is 11.5. The second kappa shape index (κ2) is 5.37. The molecule has 0 unspecified atom stereocenters. The molecule has 0 aliphatic rings. The van der Waals surface area contributed by atoms with Crippen molar-refractivity contribution in [2.75, 3.05) is 6.61 Å². The van der Waals surface area contributed by atoms with Gasteiger partial charge in [-0.25, -0.2) is 4.39 Å². The van der Waals surface area contributed by atoms with E-state index in [1.807, 2.05) is 24.3 Å². The molecule has 2 nitrogen and oxygen atoms in total. The zero-order chi connectivity index (χ0) is 12.1. The first-order valence-corrected chi connectivity index (χ1v) is 5.28. The number of hydrogen-bond acceptors (Lipinski definition) is 2. The van der Waals surface area contributed by atoms with Gasteiger partial charge in [0.2, 0.25) is 0 Å². The number of hydrogen-bond donors (Lipinski definition) is 1. The molecule has 1 heterocycles. The summed E-state index contributed by atoms with van der Waals surface area (Å²) in [5, 5.41) is 8.61. The molecule has 0 radical (unpaired) electrons. The van der Waals surface area contributed by atoms with E-state index in [0.717, 1.165) is 17.2 Å². The molecule has 0 fully saturated rings. The topological polar surface area (TPSA) is 33.1 Å². The quantitative estimate of drug-likeness (QED) is 0.877. The molecular weight excluding hydrogens is 217 g/mol. The van der Waals surface area contributed by atoms with Crippen LogP contribution in [-0.4, -0.2) is 16.7 Å². The van der Waals surface area contributed by atoms with E-state index >= 15 is 0 Å². The summed E-state index contributed by atoms with van der Waals surface area (Å²) in [5.74, 6) is -0.412. The Labute approximate surface area is 99.1 Å². The summed E-state index contributed by atoms with van der Waals surface area (Å²) >= 11 is 0. The van der Waals surface area contributed by atoms with E-state index in [-0.39, 0.29) is 6.61 Å². The zero-order valence-electron chi connectivity index (χ0n) is 9.18. The minimum Gasteiger partial charge on any atom is -0.392 e. The predicted molar refractivity (Wildman–Crippen MR) is 65.8 cm³/mol. The second-order valence-electron chi connectivity index (χ2n) is 3.55. The Morgan fingerprint density at radius 3 is 2.53 bits per heavy atom. The molecule has 2 aromatic rings. The first-order chi connectivity index (χ1) is 8.31. The van der Waals surface area contributed by atoms with Crippen LogP contribution >= 0.6 is 0 Å². The van der Waals surface area contributed by atoms with E-state index in [0.29, 0.717) is 5.56 Å². The molecule has 0 atom stereocenters. The fourth-order valence-corrected chi connectivity index (χ4v) is 1.55. The third-order valence-electron chi connectivity index (χ3n) is 2.43. The zero-order valence-corrected chi connectivity index (χ0v) is 9.18. The Hall–Kier alpha value is -2.00. The van der Waals surface area contributed by atoms with Crippen molar-refractivity contribution in [1.82, 2.24) is 4.98 Å². The third kappa shape index (κ3) is 2.77. The standard InChI is InChI=1S/C14H12FNO/c15-14(7-9-17)12-5-3-11(4-6-12)13-2-1-8-16-10-13/h1-8,10,17H,9H2. The average Bonchev–Trinajstić information content (AvgIpc) is 2.40. The SMILES string of the molecule is OCC=C(F)c1ccc(-c2cccnc2)cc1. The molecule has 3 heteroatoms. The number of halogens is 1. The summed E-state index contributed by atoms with van der Waals surface area (Å²) < 4.78 is 13.4. The number of pyridine rings is 1. The summed E-state index contributed by atoms with van der Waals surface area (Å²) in [5.41, 5.74) is 2.44. The fourth-order valence-electron chi connectivity index (χ4n) is 1.55. The number of benzene rings is 1. The summed E-state index contributed by atoms with van der Waals surface area (Å²) in [6, 6.07) is 10.8. The van der Waals surface area contributed by atoms with Gasteiger partial charge in [-0.05, 0) is 23.3 Å². The lowest BCUT2D eigenvalue weighted by atomic mass is 10.1. The maximum Gasteiger partial charge on any atom is 0.128 e. The summed E-state index contributed by atoms with van der Waals surface area (Å²) in [4.78, 5) is 4.03. The van der Waals surface area contributed by atoms with Crippen molar-refractivity contribution < 1.29 is 9.50 Å². The van der Waals surface area contributed by atoms with Crippen LogP contribution in [0.5, 0.6) is 0 Å². The van der Waals surface area contributed by atoms with E-state index in [1.165, 1.54) is 0 Å². The van der Waals surface area contributed by atoms with Crippen LogP contribution in [0.3, 0.4) is 0 Å². The highest BCUT2D eigenvalue weighted by molar-refractivity contribution is 5.67. The highest BCUT2D eigenvalue weighted by Crippen LogP contribution is 2.22. The van der Waals surface area contributed by atoms with Gasteiger partial charge >= 0.3 is 0 Å². The van der Waals surface area contributed by atoms with Gasteiger partial charge < -0.3 is 5.11 Å². The van der Waals surface area contributed by atoms with Gasteiger partial charge in [-0.3, -0.25) is 4.98 Å². The lowest BCUT2D eigenvalue weighted by molar-refractivity contribution is 0.342. The van der Waals surface area contributed by atoms with Gasteiger partial charge in [0.15, 0.2) is 0 Å². The fraction of sp³-hybridized carbons (Fsp3) is 0.0714. The highest BCUT2D eigenvalue weighted by Gasteiger charge is 2.01. The minimum absolute atomic E-state index is 0.295. The molecule has 0 saturated carbocycles. The monoisotopic (exact) mass is 229 g/mol. The van der Waals surface area contributed by atoms with Crippen molar-refractivity contribution in [3.05, 3.63) is 60.4 Å². The van der Waals surface area contributed by atoms with E-state index in [1.54, 1.807) is 24.5 Å². The maximum atomic E-state index is 13.4. The molecule has 0 saturated heterocycles. The van der Waals surface area contributed by atoms with Gasteiger partial charge in [0, 0.05) is 18.0 Å². The van der Waals surface area contributed by atoms with Crippen molar-refractivity contribution in [3.8, 4) is 11.1 Å². The molecule has 86 valence electrons. The van der Waals surface area contributed by atoms with E-state index in [2.05, 4.69) is 4.98 Å². The Kier molecular flexibility index (Phi) is 3.62. The summed E-state index contributed by atoms with van der Waals surface area (Å²) in [6.07, 6.45) is 4.61. The van der Waals surface area contributed by atoms with E-state index in [4.69, 9.17) is 5.11 Å². The molecule has 2 rings (SSSR count). The minimum atomic E-state index is -0.412. The van der Waals surface area contributed by atoms with Crippen molar-refractivity contribution in [1.29, 1.82) is 0 Å². The lowest BCUT2D eigenvalue weighted by Crippen LogP contribution is -1.83. The highest BCUT2D eigenvalue weighted by atomic mass is 19.1. The van der Waals surface area contributed by atoms with Gasteiger partial charge in [-0.1, -0.05) is 30.3 Å². The average molecular weight is 229 g/mol. The first-order valence-electron chi connectivity index (χ1n) is 5.28. The maximum absolute atomic E-state index is 13.4. The van der Waals surface area contributed by atoms with Crippen LogP contribution in [0.1, 0.15) is 5.56 Å². The van der Waals surface area contributed by atoms with Gasteiger partial charge in [0.05, 0.1) is 6.61 Å². The van der Waals surface area contributed by atoms with E-state index in [9.17, 15) is 4.39 Å². The molecule has 17 heavy (non-hydrogen) atoms. The smallest absolute Gasteiger partial charge is 0.128 e. The molecular formula is C14H12FNO. The van der Waals surface area contributed by atoms with Crippen LogP contribution in [0.15, 0.2) is 54.9 Å². The largest absolute Gasteiger partial charge is 0.392 e. The normalized spacial score (nSPS) is 11.5.